The van der Waals surface area contributed by atoms with Crippen LogP contribution in [-0.2, 0) is 12.7 Å². The van der Waals surface area contributed by atoms with Crippen LogP contribution in [0.3, 0.4) is 0 Å². The minimum Gasteiger partial charge on any atom is -0.346 e. The summed E-state index contributed by atoms with van der Waals surface area (Å²) < 4.78 is 40.4. The molecular formula is C18H12Cl2F3N5O. The second-order valence-electron chi connectivity index (χ2n) is 5.68. The van der Waals surface area contributed by atoms with E-state index < -0.39 is 23.3 Å². The Hall–Kier alpha value is -2.91. The highest BCUT2D eigenvalue weighted by Crippen LogP contribution is 2.33. The van der Waals surface area contributed by atoms with Crippen LogP contribution in [0.15, 0.2) is 48.8 Å². The van der Waals surface area contributed by atoms with Crippen molar-refractivity contribution in [2.24, 2.45) is 0 Å². The summed E-state index contributed by atoms with van der Waals surface area (Å²) >= 11 is 11.9. The van der Waals surface area contributed by atoms with E-state index in [9.17, 15) is 18.0 Å². The highest BCUT2D eigenvalue weighted by atomic mass is 35.5. The fourth-order valence-corrected chi connectivity index (χ4v) is 2.66. The first kappa shape index (κ1) is 20.8. The number of amides is 1. The number of aromatic nitrogens is 3. The fourth-order valence-electron chi connectivity index (χ4n) is 2.31. The van der Waals surface area contributed by atoms with Crippen LogP contribution in [0.2, 0.25) is 10.0 Å². The molecule has 3 aromatic rings. The molecule has 2 heterocycles. The minimum atomic E-state index is -4.88. The lowest BCUT2D eigenvalue weighted by atomic mass is 10.2. The van der Waals surface area contributed by atoms with E-state index in [1.807, 2.05) is 0 Å². The van der Waals surface area contributed by atoms with Gasteiger partial charge in [-0.05, 0) is 24.3 Å². The van der Waals surface area contributed by atoms with Gasteiger partial charge in [0.15, 0.2) is 5.69 Å². The number of carbonyl (C=O) groups excluding carboxylic acids is 1. The lowest BCUT2D eigenvalue weighted by molar-refractivity contribution is -0.141. The Morgan fingerprint density at radius 3 is 2.55 bits per heavy atom. The molecule has 2 aromatic heterocycles. The molecule has 0 atom stereocenters. The van der Waals surface area contributed by atoms with Crippen molar-refractivity contribution in [1.82, 2.24) is 20.3 Å². The highest BCUT2D eigenvalue weighted by Gasteiger charge is 2.38. The predicted molar refractivity (Wildman–Crippen MR) is 102 cm³/mol. The van der Waals surface area contributed by atoms with Crippen molar-refractivity contribution in [3.63, 3.8) is 0 Å². The van der Waals surface area contributed by atoms with Crippen molar-refractivity contribution in [2.45, 2.75) is 12.7 Å². The number of anilines is 2. The number of halogens is 5. The molecule has 0 aliphatic rings. The maximum Gasteiger partial charge on any atom is 0.434 e. The zero-order chi connectivity index (χ0) is 21.0. The molecule has 1 aromatic carbocycles. The predicted octanol–water partition coefficient (Wildman–Crippen LogP) is 4.87. The van der Waals surface area contributed by atoms with E-state index in [0.717, 1.165) is 6.20 Å². The monoisotopic (exact) mass is 441 g/mol. The van der Waals surface area contributed by atoms with Crippen LogP contribution in [0.25, 0.3) is 0 Å². The van der Waals surface area contributed by atoms with Gasteiger partial charge in [-0.2, -0.15) is 13.2 Å². The van der Waals surface area contributed by atoms with Crippen molar-refractivity contribution in [2.75, 3.05) is 5.32 Å². The van der Waals surface area contributed by atoms with Crippen LogP contribution < -0.4 is 10.6 Å². The van der Waals surface area contributed by atoms with E-state index in [1.165, 1.54) is 18.3 Å². The Balaban J connectivity index is 1.86. The summed E-state index contributed by atoms with van der Waals surface area (Å²) in [7, 11) is 0. The van der Waals surface area contributed by atoms with Gasteiger partial charge in [0.25, 0.3) is 5.91 Å². The van der Waals surface area contributed by atoms with Gasteiger partial charge in [0, 0.05) is 12.4 Å². The molecule has 0 saturated heterocycles. The number of nitrogens with zero attached hydrogens (tertiary/aromatic N) is 3. The van der Waals surface area contributed by atoms with Gasteiger partial charge in [-0.3, -0.25) is 9.78 Å². The van der Waals surface area contributed by atoms with Gasteiger partial charge in [0.05, 0.1) is 33.5 Å². The second-order valence-corrected chi connectivity index (χ2v) is 6.47. The summed E-state index contributed by atoms with van der Waals surface area (Å²) in [6.07, 6.45) is -2.58. The minimum absolute atomic E-state index is 0.0465. The molecule has 2 N–H and O–H groups in total. The van der Waals surface area contributed by atoms with Crippen LogP contribution in [0.5, 0.6) is 0 Å². The van der Waals surface area contributed by atoms with E-state index in [2.05, 4.69) is 25.6 Å². The molecule has 0 aliphatic heterocycles. The van der Waals surface area contributed by atoms with Gasteiger partial charge in [0.2, 0.25) is 5.95 Å². The summed E-state index contributed by atoms with van der Waals surface area (Å²) in [5.41, 5.74) is -1.38. The zero-order valence-corrected chi connectivity index (χ0v) is 16.0. The first-order valence-corrected chi connectivity index (χ1v) is 8.84. The summed E-state index contributed by atoms with van der Waals surface area (Å²) in [6, 6.07) is 9.58. The largest absolute Gasteiger partial charge is 0.434 e. The number of alkyl halides is 3. The Labute approximate surface area is 173 Å². The molecule has 1 amide bonds. The van der Waals surface area contributed by atoms with Crippen molar-refractivity contribution in [3.8, 4) is 0 Å². The molecule has 0 radical (unpaired) electrons. The third-order valence-electron chi connectivity index (χ3n) is 3.66. The topological polar surface area (TPSA) is 79.8 Å². The summed E-state index contributed by atoms with van der Waals surface area (Å²) in [4.78, 5) is 23.5. The number of hydrogen-bond donors (Lipinski definition) is 2. The first-order chi connectivity index (χ1) is 13.8. The van der Waals surface area contributed by atoms with Gasteiger partial charge in [-0.25, -0.2) is 9.97 Å². The molecule has 150 valence electrons. The van der Waals surface area contributed by atoms with Crippen LogP contribution in [0, 0.1) is 0 Å². The van der Waals surface area contributed by atoms with Gasteiger partial charge in [0.1, 0.15) is 0 Å². The highest BCUT2D eigenvalue weighted by molar-refractivity contribution is 6.43. The van der Waals surface area contributed by atoms with Gasteiger partial charge in [-0.1, -0.05) is 35.3 Å². The SMILES string of the molecule is O=C(NCc1ccccn1)c1cnc(Nc2cccc(Cl)c2Cl)nc1C(F)(F)F. The average molecular weight is 442 g/mol. The van der Waals surface area contributed by atoms with Crippen LogP contribution in [0.4, 0.5) is 24.8 Å². The van der Waals surface area contributed by atoms with E-state index in [-0.39, 0.29) is 28.2 Å². The lowest BCUT2D eigenvalue weighted by Gasteiger charge is -2.14. The zero-order valence-electron chi connectivity index (χ0n) is 14.5. The maximum atomic E-state index is 13.5. The number of rotatable bonds is 5. The smallest absolute Gasteiger partial charge is 0.346 e. The average Bonchev–Trinajstić information content (AvgIpc) is 2.70. The maximum absolute atomic E-state index is 13.5. The first-order valence-electron chi connectivity index (χ1n) is 8.09. The van der Waals surface area contributed by atoms with Gasteiger partial charge < -0.3 is 10.6 Å². The van der Waals surface area contributed by atoms with Gasteiger partial charge in [-0.15, -0.1) is 0 Å². The third-order valence-corrected chi connectivity index (χ3v) is 4.48. The molecule has 0 unspecified atom stereocenters. The van der Waals surface area contributed by atoms with Gasteiger partial charge >= 0.3 is 6.18 Å². The van der Waals surface area contributed by atoms with E-state index in [1.54, 1.807) is 24.3 Å². The standard InChI is InChI=1S/C18H12Cl2F3N5O/c19-12-5-3-6-13(14(12)20)27-17-26-9-11(15(28-17)18(21,22)23)16(29)25-8-10-4-1-2-7-24-10/h1-7,9H,8H2,(H,25,29)(H,26,27,28). The molecule has 29 heavy (non-hydrogen) atoms. The molecule has 6 nitrogen and oxygen atoms in total. The Bertz CT molecular complexity index is 1030. The molecule has 0 saturated carbocycles. The summed E-state index contributed by atoms with van der Waals surface area (Å²) in [5, 5.41) is 5.25. The molecular weight excluding hydrogens is 430 g/mol. The van der Waals surface area contributed by atoms with E-state index in [0.29, 0.717) is 5.69 Å². The number of pyridine rings is 1. The van der Waals surface area contributed by atoms with Crippen LogP contribution in [-0.4, -0.2) is 20.9 Å². The molecule has 0 aliphatic carbocycles. The summed E-state index contributed by atoms with van der Waals surface area (Å²) in [5.74, 6) is -1.36. The number of hydrogen-bond acceptors (Lipinski definition) is 5. The fraction of sp³-hybridized carbons (Fsp3) is 0.111. The Kier molecular flexibility index (Phi) is 6.19. The number of benzene rings is 1. The van der Waals surface area contributed by atoms with Crippen molar-refractivity contribution < 1.29 is 18.0 Å². The van der Waals surface area contributed by atoms with Crippen molar-refractivity contribution in [3.05, 3.63) is 75.8 Å². The molecule has 0 fully saturated rings. The number of carbonyl (C=O) groups is 1. The molecule has 3 rings (SSSR count). The normalized spacial score (nSPS) is 11.2. The number of nitrogens with one attached hydrogen (secondary N) is 2. The van der Waals surface area contributed by atoms with E-state index >= 15 is 0 Å². The van der Waals surface area contributed by atoms with Crippen molar-refractivity contribution in [1.29, 1.82) is 0 Å². The lowest BCUT2D eigenvalue weighted by Crippen LogP contribution is -2.27. The Morgan fingerprint density at radius 1 is 1.07 bits per heavy atom. The second kappa shape index (κ2) is 8.62. The van der Waals surface area contributed by atoms with Crippen LogP contribution >= 0.6 is 23.2 Å². The van der Waals surface area contributed by atoms with Crippen LogP contribution in [0.1, 0.15) is 21.7 Å². The third kappa shape index (κ3) is 5.12. The quantitative estimate of drug-likeness (QED) is 0.590. The molecule has 11 heteroatoms. The Morgan fingerprint density at radius 2 is 1.86 bits per heavy atom. The summed E-state index contributed by atoms with van der Waals surface area (Å²) in [6.45, 7) is -0.0465. The molecule has 0 spiro atoms. The van der Waals surface area contributed by atoms with E-state index in [4.69, 9.17) is 23.2 Å². The van der Waals surface area contributed by atoms with Crippen molar-refractivity contribution >= 4 is 40.7 Å². The molecule has 0 bridgehead atoms.